The second-order valence-electron chi connectivity index (χ2n) is 8.57. The van der Waals surface area contributed by atoms with Crippen LogP contribution in [0.15, 0.2) is 29.5 Å². The van der Waals surface area contributed by atoms with E-state index >= 15 is 0 Å². The summed E-state index contributed by atoms with van der Waals surface area (Å²) in [6.45, 7) is 4.88. The number of benzene rings is 1. The van der Waals surface area contributed by atoms with Gasteiger partial charge in [-0.3, -0.25) is 4.90 Å². The van der Waals surface area contributed by atoms with Gasteiger partial charge in [-0.25, -0.2) is 8.78 Å². The van der Waals surface area contributed by atoms with E-state index in [0.29, 0.717) is 6.61 Å². The molecule has 4 nitrogen and oxygen atoms in total. The summed E-state index contributed by atoms with van der Waals surface area (Å²) < 4.78 is 33.6. The summed E-state index contributed by atoms with van der Waals surface area (Å²) in [4.78, 5) is 5.04. The number of halogens is 2. The monoisotopic (exact) mass is 375 g/mol. The summed E-state index contributed by atoms with van der Waals surface area (Å²) in [6.07, 6.45) is 4.10. The fourth-order valence-electron chi connectivity index (χ4n) is 4.87. The molecule has 1 aliphatic carbocycles. The van der Waals surface area contributed by atoms with Crippen molar-refractivity contribution in [2.45, 2.75) is 43.9 Å². The third-order valence-electron chi connectivity index (χ3n) is 6.58. The largest absolute Gasteiger partial charge is 0.373 e. The van der Waals surface area contributed by atoms with Crippen LogP contribution >= 0.6 is 0 Å². The fourth-order valence-corrected chi connectivity index (χ4v) is 4.87. The first-order valence-electron chi connectivity index (χ1n) is 10.1. The van der Waals surface area contributed by atoms with Crippen molar-refractivity contribution in [3.05, 3.63) is 46.7 Å². The van der Waals surface area contributed by atoms with Crippen molar-refractivity contribution in [2.75, 3.05) is 32.8 Å². The van der Waals surface area contributed by atoms with E-state index in [2.05, 4.69) is 9.80 Å². The van der Waals surface area contributed by atoms with E-state index in [0.717, 1.165) is 37.6 Å². The van der Waals surface area contributed by atoms with Crippen molar-refractivity contribution < 1.29 is 13.5 Å². The Balaban J connectivity index is 1.22. The molecule has 1 aromatic carbocycles. The van der Waals surface area contributed by atoms with Gasteiger partial charge in [0.05, 0.1) is 6.61 Å². The molecule has 1 saturated heterocycles. The number of nitrogens with two attached hydrogens (primary N) is 1. The molecule has 1 saturated carbocycles. The van der Waals surface area contributed by atoms with Crippen molar-refractivity contribution in [3.63, 3.8) is 0 Å². The van der Waals surface area contributed by atoms with Gasteiger partial charge in [0.15, 0.2) is 0 Å². The summed E-state index contributed by atoms with van der Waals surface area (Å²) >= 11 is 0. The summed E-state index contributed by atoms with van der Waals surface area (Å²) in [5, 5.41) is 0. The van der Waals surface area contributed by atoms with Crippen LogP contribution in [0, 0.1) is 17.6 Å². The Morgan fingerprint density at radius 1 is 1.19 bits per heavy atom. The molecule has 0 unspecified atom stereocenters. The third-order valence-corrected chi connectivity index (χ3v) is 6.58. The number of hydrogen-bond acceptors (Lipinski definition) is 4. The summed E-state index contributed by atoms with van der Waals surface area (Å²) in [7, 11) is 0. The second kappa shape index (κ2) is 6.83. The van der Waals surface area contributed by atoms with Crippen LogP contribution < -0.4 is 5.73 Å². The molecule has 3 heterocycles. The predicted octanol–water partition coefficient (Wildman–Crippen LogP) is 2.81. The Kier molecular flexibility index (Phi) is 4.45. The lowest BCUT2D eigenvalue weighted by molar-refractivity contribution is -0.0473. The Morgan fingerprint density at radius 2 is 2.04 bits per heavy atom. The molecule has 0 bridgehead atoms. The zero-order chi connectivity index (χ0) is 18.5. The van der Waals surface area contributed by atoms with E-state index < -0.39 is 17.7 Å². The van der Waals surface area contributed by atoms with Gasteiger partial charge in [0.25, 0.3) is 0 Å². The zero-order valence-corrected chi connectivity index (χ0v) is 15.5. The molecule has 146 valence electrons. The van der Waals surface area contributed by atoms with Crippen molar-refractivity contribution in [2.24, 2.45) is 11.7 Å². The molecule has 5 rings (SSSR count). The van der Waals surface area contributed by atoms with Gasteiger partial charge < -0.3 is 15.4 Å². The van der Waals surface area contributed by atoms with Crippen LogP contribution in [0.5, 0.6) is 0 Å². The highest BCUT2D eigenvalue weighted by molar-refractivity contribution is 5.28. The van der Waals surface area contributed by atoms with Crippen molar-refractivity contribution in [1.82, 2.24) is 9.80 Å². The number of ether oxygens (including phenoxy) is 1. The molecule has 27 heavy (non-hydrogen) atoms. The SMILES string of the molecule is N[C@H]1C[C@@H](N2CC3=C(C2)N(CC2CC2)CC3)CO[C@@H]1c1cc(F)ccc1F. The maximum Gasteiger partial charge on any atom is 0.129 e. The van der Waals surface area contributed by atoms with E-state index in [4.69, 9.17) is 10.5 Å². The highest BCUT2D eigenvalue weighted by Gasteiger charge is 2.39. The first-order valence-corrected chi connectivity index (χ1v) is 10.1. The van der Waals surface area contributed by atoms with Gasteiger partial charge in [0, 0.05) is 49.5 Å². The maximum absolute atomic E-state index is 14.1. The first kappa shape index (κ1) is 17.6. The van der Waals surface area contributed by atoms with Crippen LogP contribution in [0.3, 0.4) is 0 Å². The van der Waals surface area contributed by atoms with E-state index in [1.807, 2.05) is 0 Å². The van der Waals surface area contributed by atoms with Crippen LogP contribution in [0.1, 0.15) is 37.4 Å². The minimum Gasteiger partial charge on any atom is -0.373 e. The number of nitrogens with zero attached hydrogens (tertiary/aromatic N) is 2. The summed E-state index contributed by atoms with van der Waals surface area (Å²) in [5.41, 5.74) is 9.67. The fraction of sp³-hybridized carbons (Fsp3) is 0.619. The van der Waals surface area contributed by atoms with Crippen LogP contribution in [0.4, 0.5) is 8.78 Å². The molecule has 0 radical (unpaired) electrons. The summed E-state index contributed by atoms with van der Waals surface area (Å²) in [6, 6.07) is 3.39. The lowest BCUT2D eigenvalue weighted by atomic mass is 9.93. The highest BCUT2D eigenvalue weighted by atomic mass is 19.1. The smallest absolute Gasteiger partial charge is 0.129 e. The molecule has 1 aromatic rings. The average Bonchev–Trinajstić information content (AvgIpc) is 3.24. The Bertz CT molecular complexity index is 764. The van der Waals surface area contributed by atoms with E-state index in [9.17, 15) is 8.78 Å². The van der Waals surface area contributed by atoms with Gasteiger partial charge >= 0.3 is 0 Å². The molecular formula is C21H27F2N3O. The van der Waals surface area contributed by atoms with E-state index in [-0.39, 0.29) is 17.6 Å². The molecule has 0 spiro atoms. The topological polar surface area (TPSA) is 41.7 Å². The molecule has 2 N–H and O–H groups in total. The Hall–Kier alpha value is -1.50. The highest BCUT2D eigenvalue weighted by Crippen LogP contribution is 2.38. The maximum atomic E-state index is 14.1. The van der Waals surface area contributed by atoms with Crippen LogP contribution in [-0.4, -0.2) is 54.7 Å². The van der Waals surface area contributed by atoms with Gasteiger partial charge in [-0.2, -0.15) is 0 Å². The quantitative estimate of drug-likeness (QED) is 0.879. The average molecular weight is 375 g/mol. The molecule has 4 aliphatic rings. The third kappa shape index (κ3) is 3.39. The van der Waals surface area contributed by atoms with Crippen LogP contribution in [0.25, 0.3) is 0 Å². The molecule has 2 fully saturated rings. The normalized spacial score (nSPS) is 31.7. The van der Waals surface area contributed by atoms with Crippen LogP contribution in [0.2, 0.25) is 0 Å². The van der Waals surface area contributed by atoms with Gasteiger partial charge in [-0.15, -0.1) is 0 Å². The Labute approximate surface area is 158 Å². The molecule has 3 aliphatic heterocycles. The van der Waals surface area contributed by atoms with E-state index in [1.165, 1.54) is 44.1 Å². The molecular weight excluding hydrogens is 348 g/mol. The standard InChI is InChI=1S/C21H27F2N3O/c22-15-3-4-18(23)17(7-15)21-19(24)8-16(12-27-21)26-10-14-5-6-25(20(14)11-26)9-13-1-2-13/h3-4,7,13,16,19,21H,1-2,5-6,8-12,24H2/t16-,19+,21-/m1/s1. The predicted molar refractivity (Wildman–Crippen MR) is 98.9 cm³/mol. The molecule has 3 atom stereocenters. The second-order valence-corrected chi connectivity index (χ2v) is 8.57. The van der Waals surface area contributed by atoms with Gasteiger partial charge in [-0.1, -0.05) is 0 Å². The van der Waals surface area contributed by atoms with Crippen LogP contribution in [-0.2, 0) is 4.74 Å². The Morgan fingerprint density at radius 3 is 2.81 bits per heavy atom. The zero-order valence-electron chi connectivity index (χ0n) is 15.5. The van der Waals surface area contributed by atoms with Crippen molar-refractivity contribution >= 4 is 0 Å². The lowest BCUT2D eigenvalue weighted by Gasteiger charge is -2.39. The first-order chi connectivity index (χ1) is 13.1. The number of hydrogen-bond donors (Lipinski definition) is 1. The van der Waals surface area contributed by atoms with Gasteiger partial charge in [0.2, 0.25) is 0 Å². The molecule has 0 amide bonds. The van der Waals surface area contributed by atoms with Gasteiger partial charge in [0.1, 0.15) is 17.7 Å². The van der Waals surface area contributed by atoms with Gasteiger partial charge in [-0.05, 0) is 55.4 Å². The summed E-state index contributed by atoms with van der Waals surface area (Å²) in [5.74, 6) is -0.00709. The van der Waals surface area contributed by atoms with E-state index in [1.54, 1.807) is 5.57 Å². The van der Waals surface area contributed by atoms with Crippen molar-refractivity contribution in [3.8, 4) is 0 Å². The minimum absolute atomic E-state index is 0.235. The van der Waals surface area contributed by atoms with Crippen molar-refractivity contribution in [1.29, 1.82) is 0 Å². The minimum atomic E-state index is -0.578. The number of rotatable bonds is 4. The lowest BCUT2D eigenvalue weighted by Crippen LogP contribution is -2.49. The molecule has 0 aromatic heterocycles. The molecule has 6 heteroatoms.